The van der Waals surface area contributed by atoms with E-state index in [9.17, 15) is 4.79 Å². The normalized spacial score (nSPS) is 10.3. The molecule has 0 atom stereocenters. The molecule has 2 N–H and O–H groups in total. The van der Waals surface area contributed by atoms with E-state index in [2.05, 4.69) is 15.6 Å². The number of aromatic nitrogens is 1. The second-order valence-electron chi connectivity index (χ2n) is 4.68. The SMILES string of the molecule is CNCc1ccccc1NC(=O)Cc1ncccc1C. The van der Waals surface area contributed by atoms with E-state index in [1.54, 1.807) is 6.20 Å². The van der Waals surface area contributed by atoms with Crippen LogP contribution in [-0.2, 0) is 17.8 Å². The highest BCUT2D eigenvalue weighted by Gasteiger charge is 2.09. The standard InChI is InChI=1S/C16H19N3O/c1-12-6-5-9-18-15(12)10-16(20)19-14-8-4-3-7-13(14)11-17-2/h3-9,17H,10-11H2,1-2H3,(H,19,20). The first-order valence-corrected chi connectivity index (χ1v) is 6.63. The maximum Gasteiger partial charge on any atom is 0.230 e. The van der Waals surface area contributed by atoms with Crippen LogP contribution in [0, 0.1) is 6.92 Å². The van der Waals surface area contributed by atoms with Gasteiger partial charge in [0.05, 0.1) is 12.1 Å². The van der Waals surface area contributed by atoms with Crippen molar-refractivity contribution in [2.75, 3.05) is 12.4 Å². The quantitative estimate of drug-likeness (QED) is 0.875. The minimum atomic E-state index is -0.0460. The Kier molecular flexibility index (Phi) is 4.85. The van der Waals surface area contributed by atoms with Gasteiger partial charge in [-0.25, -0.2) is 0 Å². The number of rotatable bonds is 5. The minimum absolute atomic E-state index is 0.0460. The van der Waals surface area contributed by atoms with Crippen LogP contribution in [0.5, 0.6) is 0 Å². The summed E-state index contributed by atoms with van der Waals surface area (Å²) in [5.41, 5.74) is 3.77. The number of amides is 1. The van der Waals surface area contributed by atoms with Crippen LogP contribution in [0.1, 0.15) is 16.8 Å². The Morgan fingerprint density at radius 1 is 1.20 bits per heavy atom. The van der Waals surface area contributed by atoms with E-state index >= 15 is 0 Å². The van der Waals surface area contributed by atoms with Crippen molar-refractivity contribution < 1.29 is 4.79 Å². The second kappa shape index (κ2) is 6.82. The van der Waals surface area contributed by atoms with Crippen LogP contribution in [0.15, 0.2) is 42.6 Å². The van der Waals surface area contributed by atoms with Crippen LogP contribution in [-0.4, -0.2) is 17.9 Å². The van der Waals surface area contributed by atoms with Gasteiger partial charge in [-0.3, -0.25) is 9.78 Å². The molecule has 20 heavy (non-hydrogen) atoms. The number of aryl methyl sites for hydroxylation is 1. The Morgan fingerprint density at radius 2 is 2.00 bits per heavy atom. The molecule has 0 aliphatic rings. The Bertz CT molecular complexity index is 596. The summed E-state index contributed by atoms with van der Waals surface area (Å²) >= 11 is 0. The topological polar surface area (TPSA) is 54.0 Å². The van der Waals surface area contributed by atoms with E-state index in [-0.39, 0.29) is 5.91 Å². The molecule has 4 heteroatoms. The van der Waals surface area contributed by atoms with Crippen molar-refractivity contribution in [3.63, 3.8) is 0 Å². The first-order chi connectivity index (χ1) is 9.70. The predicted molar refractivity (Wildman–Crippen MR) is 80.5 cm³/mol. The molecule has 0 fully saturated rings. The molecule has 0 aliphatic heterocycles. The monoisotopic (exact) mass is 269 g/mol. The largest absolute Gasteiger partial charge is 0.325 e. The van der Waals surface area contributed by atoms with Crippen molar-refractivity contribution >= 4 is 11.6 Å². The molecule has 0 saturated carbocycles. The lowest BCUT2D eigenvalue weighted by Gasteiger charge is -2.11. The number of nitrogens with zero attached hydrogens (tertiary/aromatic N) is 1. The number of benzene rings is 1. The van der Waals surface area contributed by atoms with Gasteiger partial charge in [0, 0.05) is 18.4 Å². The van der Waals surface area contributed by atoms with Gasteiger partial charge in [-0.05, 0) is 37.2 Å². The number of para-hydroxylation sites is 1. The lowest BCUT2D eigenvalue weighted by atomic mass is 10.1. The molecule has 104 valence electrons. The number of anilines is 1. The molecule has 1 aromatic carbocycles. The molecule has 0 saturated heterocycles. The molecular weight excluding hydrogens is 250 g/mol. The van der Waals surface area contributed by atoms with Crippen molar-refractivity contribution in [3.8, 4) is 0 Å². The molecule has 2 aromatic rings. The van der Waals surface area contributed by atoms with Gasteiger partial charge in [0.2, 0.25) is 5.91 Å². The van der Waals surface area contributed by atoms with Crippen molar-refractivity contribution in [1.29, 1.82) is 0 Å². The Hall–Kier alpha value is -2.20. The number of carbonyl (C=O) groups is 1. The average Bonchev–Trinajstić information content (AvgIpc) is 2.44. The number of hydrogen-bond acceptors (Lipinski definition) is 3. The molecule has 1 amide bonds. The zero-order valence-corrected chi connectivity index (χ0v) is 11.8. The highest BCUT2D eigenvalue weighted by Crippen LogP contribution is 2.15. The van der Waals surface area contributed by atoms with Gasteiger partial charge in [-0.1, -0.05) is 24.3 Å². The number of hydrogen-bond donors (Lipinski definition) is 2. The molecule has 2 rings (SSSR count). The maximum atomic E-state index is 12.1. The Labute approximate surface area is 119 Å². The minimum Gasteiger partial charge on any atom is -0.325 e. The first-order valence-electron chi connectivity index (χ1n) is 6.63. The van der Waals surface area contributed by atoms with Gasteiger partial charge in [0.15, 0.2) is 0 Å². The smallest absolute Gasteiger partial charge is 0.230 e. The van der Waals surface area contributed by atoms with Crippen molar-refractivity contribution in [2.24, 2.45) is 0 Å². The third-order valence-corrected chi connectivity index (χ3v) is 3.10. The van der Waals surface area contributed by atoms with E-state index in [1.807, 2.05) is 50.4 Å². The summed E-state index contributed by atoms with van der Waals surface area (Å²) in [6, 6.07) is 11.6. The van der Waals surface area contributed by atoms with Gasteiger partial charge < -0.3 is 10.6 Å². The number of carbonyl (C=O) groups excluding carboxylic acids is 1. The fraction of sp³-hybridized carbons (Fsp3) is 0.250. The lowest BCUT2D eigenvalue weighted by molar-refractivity contribution is -0.115. The van der Waals surface area contributed by atoms with E-state index in [0.717, 1.165) is 29.1 Å². The molecule has 1 heterocycles. The average molecular weight is 269 g/mol. The van der Waals surface area contributed by atoms with Crippen LogP contribution >= 0.6 is 0 Å². The lowest BCUT2D eigenvalue weighted by Crippen LogP contribution is -2.18. The van der Waals surface area contributed by atoms with E-state index in [1.165, 1.54) is 0 Å². The fourth-order valence-electron chi connectivity index (χ4n) is 2.04. The summed E-state index contributed by atoms with van der Waals surface area (Å²) in [5, 5.41) is 6.04. The highest BCUT2D eigenvalue weighted by molar-refractivity contribution is 5.92. The highest BCUT2D eigenvalue weighted by atomic mass is 16.1. The molecule has 0 spiro atoms. The fourth-order valence-corrected chi connectivity index (χ4v) is 2.04. The van der Waals surface area contributed by atoms with Crippen molar-refractivity contribution in [2.45, 2.75) is 19.9 Å². The Balaban J connectivity index is 2.07. The third kappa shape index (κ3) is 3.65. The van der Waals surface area contributed by atoms with Crippen LogP contribution < -0.4 is 10.6 Å². The first kappa shape index (κ1) is 14.2. The summed E-state index contributed by atoms with van der Waals surface area (Å²) in [6.45, 7) is 2.68. The van der Waals surface area contributed by atoms with Gasteiger partial charge in [-0.2, -0.15) is 0 Å². The molecule has 0 aliphatic carbocycles. The predicted octanol–water partition coefficient (Wildman–Crippen LogP) is 2.29. The van der Waals surface area contributed by atoms with Crippen molar-refractivity contribution in [1.82, 2.24) is 10.3 Å². The van der Waals surface area contributed by atoms with Crippen LogP contribution in [0.4, 0.5) is 5.69 Å². The van der Waals surface area contributed by atoms with Crippen molar-refractivity contribution in [3.05, 3.63) is 59.4 Å². The summed E-state index contributed by atoms with van der Waals surface area (Å²) in [6.07, 6.45) is 2.01. The molecule has 1 aromatic heterocycles. The molecular formula is C16H19N3O. The van der Waals surface area contributed by atoms with E-state index < -0.39 is 0 Å². The summed E-state index contributed by atoms with van der Waals surface area (Å²) in [5.74, 6) is -0.0460. The molecule has 0 radical (unpaired) electrons. The van der Waals surface area contributed by atoms with E-state index in [0.29, 0.717) is 6.42 Å². The zero-order chi connectivity index (χ0) is 14.4. The van der Waals surface area contributed by atoms with Gasteiger partial charge in [0.25, 0.3) is 0 Å². The summed E-state index contributed by atoms with van der Waals surface area (Å²) in [4.78, 5) is 16.4. The maximum absolute atomic E-state index is 12.1. The molecule has 0 bridgehead atoms. The summed E-state index contributed by atoms with van der Waals surface area (Å²) in [7, 11) is 1.88. The molecule has 0 unspecified atom stereocenters. The molecule has 4 nitrogen and oxygen atoms in total. The van der Waals surface area contributed by atoms with Crippen LogP contribution in [0.3, 0.4) is 0 Å². The van der Waals surface area contributed by atoms with Crippen LogP contribution in [0.2, 0.25) is 0 Å². The Morgan fingerprint density at radius 3 is 2.75 bits per heavy atom. The second-order valence-corrected chi connectivity index (χ2v) is 4.68. The zero-order valence-electron chi connectivity index (χ0n) is 11.8. The van der Waals surface area contributed by atoms with Gasteiger partial charge in [-0.15, -0.1) is 0 Å². The summed E-state index contributed by atoms with van der Waals surface area (Å²) < 4.78 is 0. The van der Waals surface area contributed by atoms with Gasteiger partial charge >= 0.3 is 0 Å². The third-order valence-electron chi connectivity index (χ3n) is 3.10. The van der Waals surface area contributed by atoms with Gasteiger partial charge in [0.1, 0.15) is 0 Å². The van der Waals surface area contributed by atoms with Crippen LogP contribution in [0.25, 0.3) is 0 Å². The number of nitrogens with one attached hydrogen (secondary N) is 2. The van der Waals surface area contributed by atoms with E-state index in [4.69, 9.17) is 0 Å². The number of pyridine rings is 1.